The van der Waals surface area contributed by atoms with Gasteiger partial charge in [0.25, 0.3) is 0 Å². The van der Waals surface area contributed by atoms with Crippen molar-refractivity contribution in [1.29, 1.82) is 0 Å². The third-order valence-corrected chi connectivity index (χ3v) is 5.02. The molecule has 1 heterocycles. The van der Waals surface area contributed by atoms with Crippen LogP contribution >= 0.6 is 0 Å². The first-order valence-electron chi connectivity index (χ1n) is 8.28. The van der Waals surface area contributed by atoms with E-state index in [0.717, 1.165) is 18.4 Å². The fourth-order valence-corrected chi connectivity index (χ4v) is 3.52. The van der Waals surface area contributed by atoms with Gasteiger partial charge < -0.3 is 5.32 Å². The minimum absolute atomic E-state index is 0.699. The number of rotatable bonds is 5. The molecule has 1 saturated carbocycles. The number of hydrogen-bond donors (Lipinski definition) is 1. The molecular formula is C18H28N2. The zero-order chi connectivity index (χ0) is 13.9. The van der Waals surface area contributed by atoms with E-state index in [2.05, 4.69) is 48.3 Å². The second kappa shape index (κ2) is 6.17. The zero-order valence-corrected chi connectivity index (χ0v) is 12.9. The first-order valence-corrected chi connectivity index (χ1v) is 8.28. The molecule has 0 unspecified atom stereocenters. The number of anilines is 1. The number of nitrogens with one attached hydrogen (secondary N) is 1. The fraction of sp³-hybridized carbons (Fsp3) is 0.667. The van der Waals surface area contributed by atoms with Crippen LogP contribution in [0.15, 0.2) is 24.3 Å². The Kier molecular flexibility index (Phi) is 4.30. The van der Waals surface area contributed by atoms with E-state index in [1.54, 1.807) is 0 Å². The molecule has 2 nitrogen and oxygen atoms in total. The van der Waals surface area contributed by atoms with Crippen molar-refractivity contribution in [1.82, 2.24) is 4.90 Å². The molecule has 0 amide bonds. The molecule has 0 atom stereocenters. The van der Waals surface area contributed by atoms with Gasteiger partial charge in [0.15, 0.2) is 0 Å². The van der Waals surface area contributed by atoms with Gasteiger partial charge in [0.2, 0.25) is 0 Å². The van der Waals surface area contributed by atoms with Gasteiger partial charge in [-0.3, -0.25) is 4.90 Å². The molecule has 20 heavy (non-hydrogen) atoms. The summed E-state index contributed by atoms with van der Waals surface area (Å²) >= 11 is 0. The average Bonchev–Trinajstić information content (AvgIpc) is 2.86. The van der Waals surface area contributed by atoms with Gasteiger partial charge in [0.05, 0.1) is 0 Å². The Balaban J connectivity index is 1.52. The SMILES string of the molecule is CC(C)C1CC(Nc2cccc(CN3CCCC3)c2)C1. The van der Waals surface area contributed by atoms with Crippen LogP contribution in [0.2, 0.25) is 0 Å². The molecule has 1 aromatic rings. The summed E-state index contributed by atoms with van der Waals surface area (Å²) in [6.45, 7) is 8.36. The Morgan fingerprint density at radius 3 is 2.65 bits per heavy atom. The highest BCUT2D eigenvalue weighted by Crippen LogP contribution is 2.35. The highest BCUT2D eigenvalue weighted by molar-refractivity contribution is 5.47. The topological polar surface area (TPSA) is 15.3 Å². The maximum absolute atomic E-state index is 3.71. The summed E-state index contributed by atoms with van der Waals surface area (Å²) in [5.41, 5.74) is 2.77. The van der Waals surface area contributed by atoms with Crippen molar-refractivity contribution in [3.05, 3.63) is 29.8 Å². The fourth-order valence-electron chi connectivity index (χ4n) is 3.52. The molecule has 0 bridgehead atoms. The van der Waals surface area contributed by atoms with Crippen LogP contribution in [-0.2, 0) is 6.54 Å². The second-order valence-electron chi connectivity index (χ2n) is 7.00. The summed E-state index contributed by atoms with van der Waals surface area (Å²) in [6, 6.07) is 9.73. The number of hydrogen-bond acceptors (Lipinski definition) is 2. The number of likely N-dealkylation sites (tertiary alicyclic amines) is 1. The van der Waals surface area contributed by atoms with E-state index in [1.165, 1.54) is 50.0 Å². The van der Waals surface area contributed by atoms with Crippen molar-refractivity contribution >= 4 is 5.69 Å². The van der Waals surface area contributed by atoms with Gasteiger partial charge in [-0.05, 0) is 68.3 Å². The molecule has 0 aromatic heterocycles. The lowest BCUT2D eigenvalue weighted by atomic mass is 9.73. The molecule has 1 aromatic carbocycles. The van der Waals surface area contributed by atoms with Gasteiger partial charge in [-0.25, -0.2) is 0 Å². The van der Waals surface area contributed by atoms with Crippen LogP contribution in [0.5, 0.6) is 0 Å². The minimum atomic E-state index is 0.699. The minimum Gasteiger partial charge on any atom is -0.382 e. The molecule has 2 fully saturated rings. The largest absolute Gasteiger partial charge is 0.382 e. The molecule has 110 valence electrons. The summed E-state index contributed by atoms with van der Waals surface area (Å²) in [4.78, 5) is 2.57. The quantitative estimate of drug-likeness (QED) is 0.867. The van der Waals surface area contributed by atoms with Gasteiger partial charge in [-0.1, -0.05) is 26.0 Å². The standard InChI is InChI=1S/C18H28N2/c1-14(2)16-11-18(12-16)19-17-7-5-6-15(10-17)13-20-8-3-4-9-20/h5-7,10,14,16,18-19H,3-4,8-9,11-13H2,1-2H3. The van der Waals surface area contributed by atoms with E-state index >= 15 is 0 Å². The summed E-state index contributed by atoms with van der Waals surface area (Å²) < 4.78 is 0. The van der Waals surface area contributed by atoms with E-state index in [1.807, 2.05) is 0 Å². The van der Waals surface area contributed by atoms with Gasteiger partial charge >= 0.3 is 0 Å². The van der Waals surface area contributed by atoms with Gasteiger partial charge in [0.1, 0.15) is 0 Å². The lowest BCUT2D eigenvalue weighted by Gasteiger charge is -2.39. The van der Waals surface area contributed by atoms with E-state index in [4.69, 9.17) is 0 Å². The monoisotopic (exact) mass is 272 g/mol. The molecule has 0 radical (unpaired) electrons. The molecule has 2 aliphatic rings. The predicted molar refractivity (Wildman–Crippen MR) is 85.9 cm³/mol. The Morgan fingerprint density at radius 2 is 1.95 bits per heavy atom. The van der Waals surface area contributed by atoms with E-state index in [-0.39, 0.29) is 0 Å². The summed E-state index contributed by atoms with van der Waals surface area (Å²) in [5, 5.41) is 3.71. The summed E-state index contributed by atoms with van der Waals surface area (Å²) in [7, 11) is 0. The highest BCUT2D eigenvalue weighted by Gasteiger charge is 2.30. The van der Waals surface area contributed by atoms with E-state index < -0.39 is 0 Å². The molecule has 1 aliphatic carbocycles. The Morgan fingerprint density at radius 1 is 1.20 bits per heavy atom. The third-order valence-electron chi connectivity index (χ3n) is 5.02. The van der Waals surface area contributed by atoms with Crippen LogP contribution in [0.25, 0.3) is 0 Å². The lowest BCUT2D eigenvalue weighted by Crippen LogP contribution is -2.37. The van der Waals surface area contributed by atoms with Crippen molar-refractivity contribution in [2.24, 2.45) is 11.8 Å². The van der Waals surface area contributed by atoms with Crippen LogP contribution < -0.4 is 5.32 Å². The molecular weight excluding hydrogens is 244 g/mol. The summed E-state index contributed by atoms with van der Waals surface area (Å²) in [5.74, 6) is 1.77. The Hall–Kier alpha value is -1.02. The van der Waals surface area contributed by atoms with Crippen LogP contribution in [0.1, 0.15) is 45.1 Å². The predicted octanol–water partition coefficient (Wildman–Crippen LogP) is 4.13. The van der Waals surface area contributed by atoms with Crippen LogP contribution in [0.3, 0.4) is 0 Å². The average molecular weight is 272 g/mol. The van der Waals surface area contributed by atoms with Crippen molar-refractivity contribution in [2.45, 2.75) is 52.1 Å². The van der Waals surface area contributed by atoms with E-state index in [9.17, 15) is 0 Å². The first-order chi connectivity index (χ1) is 9.70. The maximum Gasteiger partial charge on any atom is 0.0345 e. The molecule has 1 N–H and O–H groups in total. The Labute approximate surface area is 123 Å². The van der Waals surface area contributed by atoms with Crippen LogP contribution in [0, 0.1) is 11.8 Å². The molecule has 2 heteroatoms. The van der Waals surface area contributed by atoms with Crippen molar-refractivity contribution in [3.8, 4) is 0 Å². The number of benzene rings is 1. The van der Waals surface area contributed by atoms with Crippen LogP contribution in [-0.4, -0.2) is 24.0 Å². The van der Waals surface area contributed by atoms with E-state index in [0.29, 0.717) is 6.04 Å². The van der Waals surface area contributed by atoms with Gasteiger partial charge in [0, 0.05) is 18.3 Å². The van der Waals surface area contributed by atoms with Crippen molar-refractivity contribution in [3.63, 3.8) is 0 Å². The second-order valence-corrected chi connectivity index (χ2v) is 7.00. The molecule has 1 saturated heterocycles. The first kappa shape index (κ1) is 13.9. The normalized spacial score (nSPS) is 26.8. The maximum atomic E-state index is 3.71. The summed E-state index contributed by atoms with van der Waals surface area (Å²) in [6.07, 6.45) is 5.43. The van der Waals surface area contributed by atoms with Gasteiger partial charge in [-0.15, -0.1) is 0 Å². The number of nitrogens with zero attached hydrogens (tertiary/aromatic N) is 1. The highest BCUT2D eigenvalue weighted by atomic mass is 15.1. The molecule has 1 aliphatic heterocycles. The van der Waals surface area contributed by atoms with Crippen LogP contribution in [0.4, 0.5) is 5.69 Å². The van der Waals surface area contributed by atoms with Crippen molar-refractivity contribution < 1.29 is 0 Å². The third kappa shape index (κ3) is 3.35. The molecule has 3 rings (SSSR count). The van der Waals surface area contributed by atoms with Gasteiger partial charge in [-0.2, -0.15) is 0 Å². The Bertz CT molecular complexity index is 429. The zero-order valence-electron chi connectivity index (χ0n) is 12.9. The lowest BCUT2D eigenvalue weighted by molar-refractivity contribution is 0.212. The van der Waals surface area contributed by atoms with Crippen molar-refractivity contribution in [2.75, 3.05) is 18.4 Å². The molecule has 0 spiro atoms. The smallest absolute Gasteiger partial charge is 0.0345 e.